The highest BCUT2D eigenvalue weighted by Crippen LogP contribution is 2.28. The van der Waals surface area contributed by atoms with Crippen LogP contribution >= 0.6 is 0 Å². The van der Waals surface area contributed by atoms with E-state index in [2.05, 4.69) is 28.8 Å². The molecule has 1 aromatic carbocycles. The van der Waals surface area contributed by atoms with Crippen molar-refractivity contribution in [3.63, 3.8) is 0 Å². The number of nitrogens with two attached hydrogens (primary N) is 1. The van der Waals surface area contributed by atoms with E-state index < -0.39 is 0 Å². The Morgan fingerprint density at radius 2 is 1.95 bits per heavy atom. The molecule has 1 aliphatic carbocycles. The van der Waals surface area contributed by atoms with Crippen molar-refractivity contribution in [3.05, 3.63) is 30.1 Å². The Bertz CT molecular complexity index is 567. The normalized spacial score (nSPS) is 16.6. The Labute approximate surface area is 127 Å². The van der Waals surface area contributed by atoms with E-state index in [0.29, 0.717) is 0 Å². The molecule has 1 aliphatic rings. The molecule has 0 unspecified atom stereocenters. The number of imidazole rings is 1. The molecule has 1 fully saturated rings. The van der Waals surface area contributed by atoms with Gasteiger partial charge in [-0.25, -0.2) is 4.98 Å². The largest absolute Gasteiger partial charge is 0.330 e. The van der Waals surface area contributed by atoms with Crippen molar-refractivity contribution in [3.8, 4) is 0 Å². The first-order valence-electron chi connectivity index (χ1n) is 8.52. The van der Waals surface area contributed by atoms with Crippen molar-refractivity contribution in [2.75, 3.05) is 6.54 Å². The number of aryl methyl sites for hydroxylation is 2. The van der Waals surface area contributed by atoms with Crippen molar-refractivity contribution in [2.45, 2.75) is 57.9 Å². The molecule has 3 nitrogen and oxygen atoms in total. The van der Waals surface area contributed by atoms with Crippen molar-refractivity contribution in [2.24, 2.45) is 11.7 Å². The summed E-state index contributed by atoms with van der Waals surface area (Å²) in [6.45, 7) is 1.74. The van der Waals surface area contributed by atoms with Crippen molar-refractivity contribution < 1.29 is 0 Å². The molecule has 0 bridgehead atoms. The average Bonchev–Trinajstić information content (AvgIpc) is 2.89. The zero-order chi connectivity index (χ0) is 14.5. The van der Waals surface area contributed by atoms with Crippen LogP contribution in [0.5, 0.6) is 0 Å². The lowest BCUT2D eigenvalue weighted by Gasteiger charge is -2.21. The van der Waals surface area contributed by atoms with Crippen molar-refractivity contribution >= 4 is 11.0 Å². The minimum Gasteiger partial charge on any atom is -0.330 e. The molecule has 3 heteroatoms. The maximum atomic E-state index is 5.70. The Hall–Kier alpha value is -1.35. The second-order valence-corrected chi connectivity index (χ2v) is 6.35. The fraction of sp³-hybridized carbons (Fsp3) is 0.611. The van der Waals surface area contributed by atoms with Crippen LogP contribution in [0.15, 0.2) is 24.3 Å². The summed E-state index contributed by atoms with van der Waals surface area (Å²) in [6, 6.07) is 8.49. The Morgan fingerprint density at radius 1 is 1.14 bits per heavy atom. The van der Waals surface area contributed by atoms with E-state index in [0.717, 1.165) is 37.4 Å². The predicted molar refractivity (Wildman–Crippen MR) is 88.3 cm³/mol. The van der Waals surface area contributed by atoms with Crippen LogP contribution in [-0.4, -0.2) is 16.1 Å². The summed E-state index contributed by atoms with van der Waals surface area (Å²) in [5.41, 5.74) is 8.10. The van der Waals surface area contributed by atoms with Crippen LogP contribution in [-0.2, 0) is 13.0 Å². The number of nitrogens with zero attached hydrogens (tertiary/aromatic N) is 2. The number of hydrogen-bond donors (Lipinski definition) is 1. The molecule has 2 N–H and O–H groups in total. The molecule has 0 radical (unpaired) electrons. The van der Waals surface area contributed by atoms with Gasteiger partial charge in [-0.05, 0) is 37.4 Å². The summed E-state index contributed by atoms with van der Waals surface area (Å²) >= 11 is 0. The van der Waals surface area contributed by atoms with Crippen LogP contribution in [0.3, 0.4) is 0 Å². The second kappa shape index (κ2) is 7.08. The Morgan fingerprint density at radius 3 is 2.76 bits per heavy atom. The molecule has 0 aliphatic heterocycles. The number of para-hydroxylation sites is 2. The fourth-order valence-electron chi connectivity index (χ4n) is 3.62. The topological polar surface area (TPSA) is 43.8 Å². The Balaban J connectivity index is 1.75. The third kappa shape index (κ3) is 3.46. The quantitative estimate of drug-likeness (QED) is 0.875. The van der Waals surface area contributed by atoms with Gasteiger partial charge in [0.25, 0.3) is 0 Å². The predicted octanol–water partition coefficient (Wildman–Crippen LogP) is 3.90. The molecular weight excluding hydrogens is 258 g/mol. The maximum absolute atomic E-state index is 5.70. The monoisotopic (exact) mass is 285 g/mol. The van der Waals surface area contributed by atoms with Gasteiger partial charge >= 0.3 is 0 Å². The molecule has 21 heavy (non-hydrogen) atoms. The highest BCUT2D eigenvalue weighted by atomic mass is 15.1. The number of fused-ring (bicyclic) bond motifs is 1. The number of benzene rings is 1. The van der Waals surface area contributed by atoms with Gasteiger partial charge in [-0.3, -0.25) is 0 Å². The molecule has 0 atom stereocenters. The summed E-state index contributed by atoms with van der Waals surface area (Å²) < 4.78 is 2.39. The van der Waals surface area contributed by atoms with E-state index in [9.17, 15) is 0 Å². The summed E-state index contributed by atoms with van der Waals surface area (Å²) in [6.07, 6.45) is 10.6. The van der Waals surface area contributed by atoms with Gasteiger partial charge in [-0.15, -0.1) is 0 Å². The SMILES string of the molecule is NCCCn1c(CCC2CCCCC2)nc2ccccc21. The minimum atomic E-state index is 0.745. The first kappa shape index (κ1) is 14.6. The van der Waals surface area contributed by atoms with E-state index in [-0.39, 0.29) is 0 Å². The molecule has 3 rings (SSSR count). The Kier molecular flexibility index (Phi) is 4.91. The molecule has 2 aromatic rings. The molecule has 0 amide bonds. The lowest BCUT2D eigenvalue weighted by molar-refractivity contribution is 0.336. The van der Waals surface area contributed by atoms with Gasteiger partial charge in [0, 0.05) is 13.0 Å². The van der Waals surface area contributed by atoms with Crippen LogP contribution in [0.1, 0.15) is 50.8 Å². The highest BCUT2D eigenvalue weighted by molar-refractivity contribution is 5.75. The molecule has 1 aromatic heterocycles. The lowest BCUT2D eigenvalue weighted by Crippen LogP contribution is -2.12. The van der Waals surface area contributed by atoms with E-state index >= 15 is 0 Å². The molecular formula is C18H27N3. The van der Waals surface area contributed by atoms with Crippen LogP contribution in [0.4, 0.5) is 0 Å². The van der Waals surface area contributed by atoms with Crippen LogP contribution in [0, 0.1) is 5.92 Å². The number of aromatic nitrogens is 2. The summed E-state index contributed by atoms with van der Waals surface area (Å²) in [4.78, 5) is 4.87. The van der Waals surface area contributed by atoms with Crippen LogP contribution in [0.2, 0.25) is 0 Å². The van der Waals surface area contributed by atoms with Gasteiger partial charge in [0.05, 0.1) is 11.0 Å². The molecule has 0 saturated heterocycles. The third-order valence-electron chi connectivity index (χ3n) is 4.82. The highest BCUT2D eigenvalue weighted by Gasteiger charge is 2.16. The first-order chi connectivity index (χ1) is 10.4. The fourth-order valence-corrected chi connectivity index (χ4v) is 3.62. The zero-order valence-electron chi connectivity index (χ0n) is 12.9. The summed E-state index contributed by atoms with van der Waals surface area (Å²) in [5.74, 6) is 2.18. The molecule has 1 heterocycles. The molecule has 1 saturated carbocycles. The van der Waals surface area contributed by atoms with E-state index in [1.807, 2.05) is 0 Å². The van der Waals surface area contributed by atoms with Crippen molar-refractivity contribution in [1.82, 2.24) is 9.55 Å². The van der Waals surface area contributed by atoms with Gasteiger partial charge in [0.2, 0.25) is 0 Å². The molecule has 0 spiro atoms. The zero-order valence-corrected chi connectivity index (χ0v) is 12.9. The summed E-state index contributed by atoms with van der Waals surface area (Å²) in [5, 5.41) is 0. The van der Waals surface area contributed by atoms with Gasteiger partial charge in [0.15, 0.2) is 0 Å². The first-order valence-corrected chi connectivity index (χ1v) is 8.52. The summed E-state index contributed by atoms with van der Waals surface area (Å²) in [7, 11) is 0. The van der Waals surface area contributed by atoms with Crippen LogP contribution < -0.4 is 5.73 Å². The smallest absolute Gasteiger partial charge is 0.109 e. The van der Waals surface area contributed by atoms with E-state index in [1.165, 1.54) is 49.9 Å². The minimum absolute atomic E-state index is 0.745. The van der Waals surface area contributed by atoms with Crippen LogP contribution in [0.25, 0.3) is 11.0 Å². The standard InChI is InChI=1S/C18H27N3/c19-13-6-14-21-17-10-5-4-9-16(17)20-18(21)12-11-15-7-2-1-3-8-15/h4-5,9-10,15H,1-3,6-8,11-14,19H2. The maximum Gasteiger partial charge on any atom is 0.109 e. The van der Waals surface area contributed by atoms with Gasteiger partial charge in [0.1, 0.15) is 5.82 Å². The molecule has 114 valence electrons. The average molecular weight is 285 g/mol. The third-order valence-corrected chi connectivity index (χ3v) is 4.82. The number of rotatable bonds is 6. The second-order valence-electron chi connectivity index (χ2n) is 6.35. The van der Waals surface area contributed by atoms with E-state index in [4.69, 9.17) is 10.7 Å². The number of hydrogen-bond acceptors (Lipinski definition) is 2. The van der Waals surface area contributed by atoms with Gasteiger partial charge < -0.3 is 10.3 Å². The van der Waals surface area contributed by atoms with Gasteiger partial charge in [-0.2, -0.15) is 0 Å². The van der Waals surface area contributed by atoms with Gasteiger partial charge in [-0.1, -0.05) is 44.2 Å². The lowest BCUT2D eigenvalue weighted by atomic mass is 9.86. The van der Waals surface area contributed by atoms with E-state index in [1.54, 1.807) is 0 Å². The van der Waals surface area contributed by atoms with Crippen molar-refractivity contribution in [1.29, 1.82) is 0 Å².